The average molecular weight is 96.1 g/mol. The molecule has 0 atom stereocenters. The molecule has 0 aromatic heterocycles. The maximum atomic E-state index is 10.2. The molecule has 0 aromatic carbocycles. The second-order valence-electron chi connectivity index (χ2n) is 1.39. The first-order chi connectivity index (χ1) is 3.39. The summed E-state index contributed by atoms with van der Waals surface area (Å²) in [7, 11) is 0. The van der Waals surface area contributed by atoms with Gasteiger partial charge >= 0.3 is 0 Å². The van der Waals surface area contributed by atoms with E-state index in [2.05, 4.69) is 11.4 Å². The molecule has 0 saturated carbocycles. The Bertz CT molecular complexity index is 107. The molecule has 0 bridgehead atoms. The molecule has 0 spiro atoms. The molecular weight excluding hydrogens is 90.1 g/mol. The fourth-order valence-electron chi connectivity index (χ4n) is 0.474. The number of hydrogen-bond donors (Lipinski definition) is 1. The Morgan fingerprint density at radius 1 is 1.86 bits per heavy atom. The van der Waals surface area contributed by atoms with E-state index in [1.807, 2.05) is 0 Å². The molecule has 7 heavy (non-hydrogen) atoms. The second-order valence-corrected chi connectivity index (χ2v) is 1.39. The van der Waals surface area contributed by atoms with E-state index < -0.39 is 0 Å². The van der Waals surface area contributed by atoms with Gasteiger partial charge in [-0.2, -0.15) is 0 Å². The highest BCUT2D eigenvalue weighted by molar-refractivity contribution is 5.87. The van der Waals surface area contributed by atoms with Crippen molar-refractivity contribution in [3.63, 3.8) is 0 Å². The topological polar surface area (TPSA) is 29.1 Å². The minimum atomic E-state index is -0.0220. The molecule has 2 nitrogen and oxygen atoms in total. The van der Waals surface area contributed by atoms with Crippen molar-refractivity contribution in [2.75, 3.05) is 6.54 Å². The van der Waals surface area contributed by atoms with Crippen LogP contribution in [0, 0.1) is 6.08 Å². The predicted molar refractivity (Wildman–Crippen MR) is 25.4 cm³/mol. The summed E-state index contributed by atoms with van der Waals surface area (Å²) in [6, 6.07) is 0. The molecule has 0 aliphatic carbocycles. The molecule has 0 unspecified atom stereocenters. The highest BCUT2D eigenvalue weighted by Crippen LogP contribution is 1.84. The summed E-state index contributed by atoms with van der Waals surface area (Å²) in [6.45, 7) is 0.745. The lowest BCUT2D eigenvalue weighted by Crippen LogP contribution is -2.24. The van der Waals surface area contributed by atoms with Gasteiger partial charge in [0.25, 0.3) is 0 Å². The van der Waals surface area contributed by atoms with Gasteiger partial charge in [-0.1, -0.05) is 0 Å². The summed E-state index contributed by atoms with van der Waals surface area (Å²) in [5.41, 5.74) is 0. The Morgan fingerprint density at radius 3 is 3.00 bits per heavy atom. The molecule has 0 fully saturated rings. The van der Waals surface area contributed by atoms with E-state index in [1.165, 1.54) is 6.08 Å². The molecule has 0 saturated heterocycles. The van der Waals surface area contributed by atoms with E-state index in [1.54, 1.807) is 0 Å². The first-order valence-electron chi connectivity index (χ1n) is 2.24. The van der Waals surface area contributed by atoms with Crippen LogP contribution in [0.4, 0.5) is 0 Å². The average Bonchev–Trinajstić information content (AvgIpc) is 1.69. The zero-order chi connectivity index (χ0) is 5.11. The number of amides is 1. The van der Waals surface area contributed by atoms with Crippen LogP contribution in [0.1, 0.15) is 6.42 Å². The minimum absolute atomic E-state index is 0.0220. The first kappa shape index (κ1) is 4.37. The van der Waals surface area contributed by atoms with Gasteiger partial charge in [0.1, 0.15) is 0 Å². The van der Waals surface area contributed by atoms with Crippen molar-refractivity contribution in [3.8, 4) is 0 Å². The molecule has 1 N–H and O–H groups in total. The number of carbonyl (C=O) groups excluding carboxylic acids is 1. The summed E-state index contributed by atoms with van der Waals surface area (Å²) in [5, 5.41) is 2.62. The van der Waals surface area contributed by atoms with Gasteiger partial charge in [0.2, 0.25) is 5.91 Å². The zero-order valence-electron chi connectivity index (χ0n) is 3.90. The van der Waals surface area contributed by atoms with Crippen LogP contribution in [-0.4, -0.2) is 12.5 Å². The quantitative estimate of drug-likeness (QED) is 0.447. The van der Waals surface area contributed by atoms with Gasteiger partial charge in [-0.05, 0) is 12.5 Å². The Morgan fingerprint density at radius 2 is 2.71 bits per heavy atom. The van der Waals surface area contributed by atoms with Crippen molar-refractivity contribution >= 4 is 5.91 Å². The van der Waals surface area contributed by atoms with Crippen LogP contribution < -0.4 is 5.32 Å². The van der Waals surface area contributed by atoms with E-state index in [4.69, 9.17) is 0 Å². The van der Waals surface area contributed by atoms with Crippen molar-refractivity contribution in [3.05, 3.63) is 12.2 Å². The van der Waals surface area contributed by atoms with Crippen molar-refractivity contribution < 1.29 is 4.79 Å². The molecule has 1 rings (SSSR count). The SMILES string of the molecule is O=C1C=[C]CCN1. The first-order valence-corrected chi connectivity index (χ1v) is 2.24. The van der Waals surface area contributed by atoms with Crippen molar-refractivity contribution in [1.29, 1.82) is 0 Å². The van der Waals surface area contributed by atoms with Crippen LogP contribution in [0.25, 0.3) is 0 Å². The molecule has 1 radical (unpaired) electrons. The minimum Gasteiger partial charge on any atom is -0.352 e. The fraction of sp³-hybridized carbons (Fsp3) is 0.400. The molecule has 2 heteroatoms. The monoisotopic (exact) mass is 96.0 g/mol. The van der Waals surface area contributed by atoms with E-state index in [0.29, 0.717) is 0 Å². The lowest BCUT2D eigenvalue weighted by atomic mass is 10.3. The highest BCUT2D eigenvalue weighted by Gasteiger charge is 1.96. The Hall–Kier alpha value is -0.790. The molecule has 1 aliphatic rings. The summed E-state index contributed by atoms with van der Waals surface area (Å²) in [6.07, 6.45) is 5.08. The zero-order valence-corrected chi connectivity index (χ0v) is 3.90. The van der Waals surface area contributed by atoms with Crippen molar-refractivity contribution in [2.24, 2.45) is 0 Å². The Labute approximate surface area is 42.2 Å². The van der Waals surface area contributed by atoms with Gasteiger partial charge in [-0.25, -0.2) is 0 Å². The Balaban J connectivity index is 2.51. The molecular formula is C5H6NO. The van der Waals surface area contributed by atoms with Gasteiger partial charge in [0.15, 0.2) is 0 Å². The smallest absolute Gasteiger partial charge is 0.244 e. The number of carbonyl (C=O) groups is 1. The lowest BCUT2D eigenvalue weighted by molar-refractivity contribution is -0.116. The summed E-state index contributed by atoms with van der Waals surface area (Å²) in [5.74, 6) is -0.0220. The standard InChI is InChI=1S/C5H6NO/c7-5-3-1-2-4-6-5/h3H,2,4H2,(H,6,7). The van der Waals surface area contributed by atoms with Gasteiger partial charge < -0.3 is 5.32 Å². The summed E-state index contributed by atoms with van der Waals surface area (Å²) >= 11 is 0. The Kier molecular flexibility index (Phi) is 1.11. The third-order valence-corrected chi connectivity index (χ3v) is 0.802. The van der Waals surface area contributed by atoms with E-state index in [0.717, 1.165) is 13.0 Å². The molecule has 1 amide bonds. The molecule has 0 aromatic rings. The molecule has 37 valence electrons. The van der Waals surface area contributed by atoms with Crippen LogP contribution in [-0.2, 0) is 4.79 Å². The van der Waals surface area contributed by atoms with Gasteiger partial charge in [0, 0.05) is 12.6 Å². The van der Waals surface area contributed by atoms with Crippen LogP contribution >= 0.6 is 0 Å². The summed E-state index contributed by atoms with van der Waals surface area (Å²) < 4.78 is 0. The van der Waals surface area contributed by atoms with Crippen molar-refractivity contribution in [1.82, 2.24) is 5.32 Å². The normalized spacial score (nSPS) is 19.1. The summed E-state index contributed by atoms with van der Waals surface area (Å²) in [4.78, 5) is 10.2. The van der Waals surface area contributed by atoms with E-state index >= 15 is 0 Å². The van der Waals surface area contributed by atoms with Crippen molar-refractivity contribution in [2.45, 2.75) is 6.42 Å². The number of nitrogens with one attached hydrogen (secondary N) is 1. The van der Waals surface area contributed by atoms with Gasteiger partial charge in [-0.3, -0.25) is 4.79 Å². The lowest BCUT2D eigenvalue weighted by Gasteiger charge is -2.01. The van der Waals surface area contributed by atoms with Gasteiger partial charge in [0.05, 0.1) is 0 Å². The van der Waals surface area contributed by atoms with E-state index in [9.17, 15) is 4.79 Å². The second kappa shape index (κ2) is 1.78. The highest BCUT2D eigenvalue weighted by atomic mass is 16.1. The fourth-order valence-corrected chi connectivity index (χ4v) is 0.474. The van der Waals surface area contributed by atoms with Crippen LogP contribution in [0.15, 0.2) is 6.08 Å². The third-order valence-electron chi connectivity index (χ3n) is 0.802. The number of rotatable bonds is 0. The predicted octanol–water partition coefficient (Wildman–Crippen LogP) is -0.134. The van der Waals surface area contributed by atoms with Crippen LogP contribution in [0.5, 0.6) is 0 Å². The van der Waals surface area contributed by atoms with Gasteiger partial charge in [-0.15, -0.1) is 0 Å². The number of hydrogen-bond acceptors (Lipinski definition) is 1. The maximum Gasteiger partial charge on any atom is 0.244 e. The van der Waals surface area contributed by atoms with E-state index in [-0.39, 0.29) is 5.91 Å². The third kappa shape index (κ3) is 1.03. The van der Waals surface area contributed by atoms with Crippen LogP contribution in [0.2, 0.25) is 0 Å². The van der Waals surface area contributed by atoms with Crippen LogP contribution in [0.3, 0.4) is 0 Å². The maximum absolute atomic E-state index is 10.2. The molecule has 1 heterocycles. The molecule has 1 aliphatic heterocycles. The largest absolute Gasteiger partial charge is 0.352 e.